The van der Waals surface area contributed by atoms with Crippen molar-refractivity contribution in [3.63, 3.8) is 0 Å². The van der Waals surface area contributed by atoms with Crippen LogP contribution in [0.4, 0.5) is 47.1 Å². The van der Waals surface area contributed by atoms with Crippen molar-refractivity contribution in [1.82, 2.24) is 29.9 Å². The molecule has 0 saturated heterocycles. The lowest BCUT2D eigenvalue weighted by atomic mass is 10.1. The van der Waals surface area contributed by atoms with Crippen molar-refractivity contribution in [2.75, 3.05) is 59.0 Å². The van der Waals surface area contributed by atoms with Crippen LogP contribution in [0.3, 0.4) is 0 Å². The van der Waals surface area contributed by atoms with E-state index in [1.165, 1.54) is 36.4 Å². The van der Waals surface area contributed by atoms with Crippen molar-refractivity contribution in [3.8, 4) is 0 Å². The van der Waals surface area contributed by atoms with Crippen molar-refractivity contribution >= 4 is 79.5 Å². The fourth-order valence-electron chi connectivity index (χ4n) is 3.77. The molecule has 0 radical (unpaired) electrons. The molecule has 0 spiro atoms. The van der Waals surface area contributed by atoms with Crippen LogP contribution >= 0.6 is 0 Å². The van der Waals surface area contributed by atoms with Gasteiger partial charge in [-0.2, -0.15) is 46.7 Å². The average Bonchev–Trinajstić information content (AvgIpc) is 2.97. The predicted molar refractivity (Wildman–Crippen MR) is 168 cm³/mol. The summed E-state index contributed by atoms with van der Waals surface area (Å²) in [5, 5.41) is 28.9. The lowest BCUT2D eigenvalue weighted by Crippen LogP contribution is -2.12. The first-order valence-corrected chi connectivity index (χ1v) is 15.8. The molecule has 0 unspecified atom stereocenters. The number of nitrogens with one attached hydrogen (secondary N) is 4. The molecule has 12 N–H and O–H groups in total. The summed E-state index contributed by atoms with van der Waals surface area (Å²) in [6.45, 7) is -0.132. The molecule has 20 nitrogen and oxygen atoms in total. The third-order valence-electron chi connectivity index (χ3n) is 5.63. The van der Waals surface area contributed by atoms with Gasteiger partial charge in [-0.25, -0.2) is 0 Å². The summed E-state index contributed by atoms with van der Waals surface area (Å²) in [4.78, 5) is 22.6. The number of anilines is 8. The van der Waals surface area contributed by atoms with Gasteiger partial charge in [0.15, 0.2) is 0 Å². The van der Waals surface area contributed by atoms with E-state index in [2.05, 4.69) is 51.2 Å². The molecule has 4 rings (SSSR count). The largest absolute Gasteiger partial charge is 0.395 e. The number of aromatic nitrogens is 6. The van der Waals surface area contributed by atoms with E-state index < -0.39 is 30.0 Å². The summed E-state index contributed by atoms with van der Waals surface area (Å²) >= 11 is 0. The van der Waals surface area contributed by atoms with Crippen molar-refractivity contribution in [1.29, 1.82) is 0 Å². The average molecular weight is 677 g/mol. The zero-order chi connectivity index (χ0) is 33.5. The second kappa shape index (κ2) is 14.2. The summed E-state index contributed by atoms with van der Waals surface area (Å²) in [5.41, 5.74) is 11.5. The summed E-state index contributed by atoms with van der Waals surface area (Å²) in [7, 11) is -9.62. The van der Waals surface area contributed by atoms with E-state index in [4.69, 9.17) is 21.7 Å². The minimum absolute atomic E-state index is 0.0411. The number of hydrogen-bond donors (Lipinski definition) is 10. The Kier molecular flexibility index (Phi) is 10.4. The molecule has 0 aliphatic heterocycles. The van der Waals surface area contributed by atoms with Crippen LogP contribution in [0.25, 0.3) is 12.2 Å². The fourth-order valence-corrected chi connectivity index (χ4v) is 5.19. The van der Waals surface area contributed by atoms with Crippen LogP contribution in [0.2, 0.25) is 0 Å². The van der Waals surface area contributed by atoms with Gasteiger partial charge < -0.3 is 42.9 Å². The quantitative estimate of drug-likeness (QED) is 0.0628. The maximum absolute atomic E-state index is 12.3. The maximum Gasteiger partial charge on any atom is 0.295 e. The van der Waals surface area contributed by atoms with E-state index in [1.54, 1.807) is 0 Å². The number of benzene rings is 2. The van der Waals surface area contributed by atoms with Crippen LogP contribution in [-0.2, 0) is 20.2 Å². The molecule has 0 saturated carbocycles. The van der Waals surface area contributed by atoms with E-state index in [-0.39, 0.29) is 84.5 Å². The predicted octanol–water partition coefficient (Wildman–Crippen LogP) is 0.180. The van der Waals surface area contributed by atoms with Crippen LogP contribution in [0.5, 0.6) is 0 Å². The highest BCUT2D eigenvalue weighted by Gasteiger charge is 2.18. The Labute approximate surface area is 261 Å². The van der Waals surface area contributed by atoms with Gasteiger partial charge in [0, 0.05) is 24.5 Å². The normalized spacial score (nSPS) is 11.8. The molecule has 46 heavy (non-hydrogen) atoms. The minimum atomic E-state index is -4.81. The molecule has 2 aromatic heterocycles. The van der Waals surface area contributed by atoms with Gasteiger partial charge in [0.2, 0.25) is 35.7 Å². The Hall–Kier alpha value is -5.26. The van der Waals surface area contributed by atoms with Gasteiger partial charge in [0.25, 0.3) is 20.2 Å². The minimum Gasteiger partial charge on any atom is -0.395 e. The highest BCUT2D eigenvalue weighted by Crippen LogP contribution is 2.28. The molecule has 0 amide bonds. The second-order valence-corrected chi connectivity index (χ2v) is 11.8. The summed E-state index contributed by atoms with van der Waals surface area (Å²) in [6, 6.07) is 7.64. The Morgan fingerprint density at radius 1 is 0.609 bits per heavy atom. The van der Waals surface area contributed by atoms with E-state index in [9.17, 15) is 25.9 Å². The van der Waals surface area contributed by atoms with Crippen molar-refractivity contribution in [2.24, 2.45) is 0 Å². The molecular weight excluding hydrogens is 648 g/mol. The number of rotatable bonds is 14. The zero-order valence-electron chi connectivity index (χ0n) is 23.5. The molecule has 0 fully saturated rings. The number of hydrogen-bond acceptors (Lipinski definition) is 18. The lowest BCUT2D eigenvalue weighted by molar-refractivity contribution is 0.310. The van der Waals surface area contributed by atoms with E-state index in [1.807, 2.05) is 0 Å². The van der Waals surface area contributed by atoms with Crippen molar-refractivity contribution in [3.05, 3.63) is 47.5 Å². The van der Waals surface area contributed by atoms with Gasteiger partial charge in [0.1, 0.15) is 9.79 Å². The molecule has 0 aliphatic carbocycles. The Balaban J connectivity index is 1.64. The van der Waals surface area contributed by atoms with Crippen LogP contribution in [-0.4, -0.2) is 92.4 Å². The molecule has 2 aromatic carbocycles. The third-order valence-corrected chi connectivity index (χ3v) is 7.45. The topological polar surface area (TPSA) is 327 Å². The Morgan fingerprint density at radius 3 is 1.33 bits per heavy atom. The fraction of sp³-hybridized carbons (Fsp3) is 0.167. The van der Waals surface area contributed by atoms with Gasteiger partial charge in [-0.05, 0) is 35.4 Å². The standard InChI is InChI=1S/C24H28N12O8S2/c25-19-31-21(27-7-9-37)35-23(33-19)29-15-5-3-13(17(11-15)45(39,40)41)1-2-14-4-6-16(12-18(14)46(42,43)44)30-24-34-20(26)32-22(36-24)28-8-10-38/h1-6,11-12,37-38H,7-10H2,(H,39,40,41)(H,42,43,44)(H4,25,27,29,31,33,35)(H4,26,28,30,32,34,36). The summed E-state index contributed by atoms with van der Waals surface area (Å²) < 4.78 is 68.9. The maximum atomic E-state index is 12.3. The van der Waals surface area contributed by atoms with E-state index in [0.717, 1.165) is 12.1 Å². The van der Waals surface area contributed by atoms with Gasteiger partial charge in [-0.3, -0.25) is 9.11 Å². The lowest BCUT2D eigenvalue weighted by Gasteiger charge is -2.11. The smallest absolute Gasteiger partial charge is 0.295 e. The third kappa shape index (κ3) is 9.13. The van der Waals surface area contributed by atoms with Crippen LogP contribution < -0.4 is 32.7 Å². The molecule has 0 atom stereocenters. The number of aliphatic hydroxyl groups is 2. The summed E-state index contributed by atoms with van der Waals surface area (Å²) in [5.74, 6) is -0.373. The van der Waals surface area contributed by atoms with E-state index in [0.29, 0.717) is 0 Å². The van der Waals surface area contributed by atoms with Crippen molar-refractivity contribution in [2.45, 2.75) is 9.79 Å². The number of nitrogen functional groups attached to an aromatic ring is 2. The SMILES string of the molecule is Nc1nc(NCCO)nc(Nc2ccc(C=Cc3ccc(Nc4nc(N)nc(NCCO)n4)cc3S(=O)(=O)O)c(S(=O)(=O)O)c2)n1. The molecule has 22 heteroatoms. The molecule has 0 bridgehead atoms. The number of nitrogens with zero attached hydrogens (tertiary/aromatic N) is 6. The molecule has 4 aromatic rings. The van der Waals surface area contributed by atoms with Crippen LogP contribution in [0.1, 0.15) is 11.1 Å². The molecule has 0 aliphatic rings. The molecule has 244 valence electrons. The molecule has 2 heterocycles. The Bertz CT molecular complexity index is 1840. The first-order valence-electron chi connectivity index (χ1n) is 12.9. The van der Waals surface area contributed by atoms with Gasteiger partial charge in [-0.15, -0.1) is 0 Å². The summed E-state index contributed by atoms with van der Waals surface area (Å²) in [6.07, 6.45) is 2.43. The van der Waals surface area contributed by atoms with Gasteiger partial charge in [0.05, 0.1) is 13.2 Å². The van der Waals surface area contributed by atoms with Crippen molar-refractivity contribution < 1.29 is 36.2 Å². The van der Waals surface area contributed by atoms with Crippen LogP contribution in [0, 0.1) is 0 Å². The van der Waals surface area contributed by atoms with E-state index >= 15 is 0 Å². The first-order chi connectivity index (χ1) is 21.7. The monoisotopic (exact) mass is 676 g/mol. The Morgan fingerprint density at radius 2 is 0.978 bits per heavy atom. The van der Waals surface area contributed by atoms with Gasteiger partial charge in [-0.1, -0.05) is 24.3 Å². The molecular formula is C24H28N12O8S2. The number of nitrogens with two attached hydrogens (primary N) is 2. The highest BCUT2D eigenvalue weighted by atomic mass is 32.2. The van der Waals surface area contributed by atoms with Crippen LogP contribution in [0.15, 0.2) is 46.2 Å². The highest BCUT2D eigenvalue weighted by molar-refractivity contribution is 7.86. The van der Waals surface area contributed by atoms with Gasteiger partial charge >= 0.3 is 0 Å². The number of aliphatic hydroxyl groups excluding tert-OH is 2. The second-order valence-electron chi connectivity index (χ2n) is 9.02. The zero-order valence-corrected chi connectivity index (χ0v) is 25.2. The first kappa shape index (κ1) is 33.6.